The molecule has 160 valence electrons. The minimum absolute atomic E-state index is 0.0690. The number of H-pyrrole nitrogens is 1. The minimum Gasteiger partial charge on any atom is -0.342 e. The van der Waals surface area contributed by atoms with Crippen molar-refractivity contribution in [3.05, 3.63) is 54.4 Å². The molecule has 1 aromatic heterocycles. The largest absolute Gasteiger partial charge is 0.342 e. The van der Waals surface area contributed by atoms with Crippen molar-refractivity contribution in [3.8, 4) is 11.1 Å². The van der Waals surface area contributed by atoms with E-state index in [1.807, 2.05) is 18.2 Å². The van der Waals surface area contributed by atoms with Crippen molar-refractivity contribution in [1.82, 2.24) is 14.3 Å². The first-order valence-electron chi connectivity index (χ1n) is 10.7. The second-order valence-corrected chi connectivity index (χ2v) is 12.1. The molecule has 0 aliphatic heterocycles. The lowest BCUT2D eigenvalue weighted by molar-refractivity contribution is 0.260. The second kappa shape index (κ2) is 7.82. The predicted octanol–water partition coefficient (Wildman–Crippen LogP) is 5.32. The third-order valence-corrected chi connectivity index (χ3v) is 8.96. The minimum atomic E-state index is -3.30. The molecule has 0 radical (unpaired) electrons. The van der Waals surface area contributed by atoms with Crippen LogP contribution in [0.5, 0.6) is 0 Å². The molecule has 1 saturated carbocycles. The highest BCUT2D eigenvalue weighted by atomic mass is 32.2. The van der Waals surface area contributed by atoms with E-state index in [0.717, 1.165) is 42.5 Å². The van der Waals surface area contributed by atoms with Gasteiger partial charge in [0.25, 0.3) is 0 Å². The molecule has 4 rings (SSSR count). The molecule has 1 N–H and O–H groups in total. The topological polar surface area (TPSA) is 66.1 Å². The lowest BCUT2D eigenvalue weighted by Gasteiger charge is -2.36. The van der Waals surface area contributed by atoms with Crippen LogP contribution in [0, 0.1) is 0 Å². The fraction of sp³-hybridized carbons (Fsp3) is 0.458. The fourth-order valence-electron chi connectivity index (χ4n) is 4.37. The van der Waals surface area contributed by atoms with Crippen LogP contribution < -0.4 is 0 Å². The number of fused-ring (bicyclic) bond motifs is 1. The van der Waals surface area contributed by atoms with E-state index in [4.69, 9.17) is 4.98 Å². The molecule has 0 spiro atoms. The van der Waals surface area contributed by atoms with Crippen molar-refractivity contribution in [3.63, 3.8) is 0 Å². The summed E-state index contributed by atoms with van der Waals surface area (Å²) in [6.45, 7) is 5.30. The first kappa shape index (κ1) is 21.1. The molecule has 0 saturated heterocycles. The molecule has 5 nitrogen and oxygen atoms in total. The summed E-state index contributed by atoms with van der Waals surface area (Å²) < 4.78 is 26.4. The van der Waals surface area contributed by atoms with Crippen LogP contribution in [0.1, 0.15) is 58.2 Å². The molecule has 0 unspecified atom stereocenters. The van der Waals surface area contributed by atoms with Crippen molar-refractivity contribution >= 4 is 21.1 Å². The number of nitrogens with one attached hydrogen (secondary N) is 1. The third kappa shape index (κ3) is 3.91. The Morgan fingerprint density at radius 3 is 2.27 bits per heavy atom. The van der Waals surface area contributed by atoms with Gasteiger partial charge in [-0.2, -0.15) is 0 Å². The van der Waals surface area contributed by atoms with Crippen molar-refractivity contribution in [2.75, 3.05) is 7.05 Å². The van der Waals surface area contributed by atoms with Gasteiger partial charge in [0.05, 0.1) is 15.8 Å². The number of rotatable bonds is 4. The Morgan fingerprint density at radius 2 is 1.63 bits per heavy atom. The fourth-order valence-corrected chi connectivity index (χ4v) is 5.84. The van der Waals surface area contributed by atoms with Gasteiger partial charge in [-0.05, 0) is 69.7 Å². The van der Waals surface area contributed by atoms with E-state index >= 15 is 0 Å². The number of aromatic amines is 1. The normalized spacial score (nSPS) is 20.7. The van der Waals surface area contributed by atoms with Crippen LogP contribution in [0.15, 0.2) is 48.5 Å². The number of imidazole rings is 1. The predicted molar refractivity (Wildman–Crippen MR) is 123 cm³/mol. The number of hydrogen-bond acceptors (Lipinski definition) is 3. The standard InChI is InChI=1S/C24H31N3O2S/c1-24(2,3)30(28,29)27(4)20-13-10-18(11-14-20)23-25-21-15-12-19(16-22(21)26-23)17-8-6-5-7-9-17/h5-9,12,15-16,18,20H,10-11,13-14H2,1-4H3,(H,25,26)/t18-,20-. The van der Waals surface area contributed by atoms with Crippen LogP contribution >= 0.6 is 0 Å². The van der Waals surface area contributed by atoms with Crippen molar-refractivity contribution < 1.29 is 8.42 Å². The molecule has 0 amide bonds. The van der Waals surface area contributed by atoms with Crippen molar-refractivity contribution in [1.29, 1.82) is 0 Å². The molecule has 2 aromatic carbocycles. The second-order valence-electron chi connectivity index (χ2n) is 9.36. The number of nitrogens with zero attached hydrogens (tertiary/aromatic N) is 2. The highest BCUT2D eigenvalue weighted by Gasteiger charge is 2.38. The van der Waals surface area contributed by atoms with Gasteiger partial charge in [0.1, 0.15) is 5.82 Å². The van der Waals surface area contributed by atoms with E-state index in [1.54, 1.807) is 32.1 Å². The van der Waals surface area contributed by atoms with Crippen LogP contribution in [-0.2, 0) is 10.0 Å². The summed E-state index contributed by atoms with van der Waals surface area (Å²) in [6.07, 6.45) is 3.62. The molecule has 6 heteroatoms. The zero-order valence-corrected chi connectivity index (χ0v) is 19.0. The molecule has 0 bridgehead atoms. The first-order chi connectivity index (χ1) is 14.2. The van der Waals surface area contributed by atoms with Crippen LogP contribution in [0.4, 0.5) is 0 Å². The van der Waals surface area contributed by atoms with Gasteiger partial charge in [0, 0.05) is 19.0 Å². The Bertz CT molecular complexity index is 1120. The van der Waals surface area contributed by atoms with Gasteiger partial charge >= 0.3 is 0 Å². The average Bonchev–Trinajstić information content (AvgIpc) is 3.16. The average molecular weight is 426 g/mol. The number of aromatic nitrogens is 2. The van der Waals surface area contributed by atoms with Gasteiger partial charge in [-0.1, -0.05) is 36.4 Å². The van der Waals surface area contributed by atoms with Gasteiger partial charge in [0.15, 0.2) is 0 Å². The van der Waals surface area contributed by atoms with Gasteiger partial charge in [-0.25, -0.2) is 17.7 Å². The van der Waals surface area contributed by atoms with Crippen LogP contribution in [0.2, 0.25) is 0 Å². The Kier molecular flexibility index (Phi) is 5.49. The zero-order valence-electron chi connectivity index (χ0n) is 18.2. The Hall–Kier alpha value is -2.18. The van der Waals surface area contributed by atoms with Gasteiger partial charge < -0.3 is 4.98 Å². The van der Waals surface area contributed by atoms with E-state index in [9.17, 15) is 8.42 Å². The summed E-state index contributed by atoms with van der Waals surface area (Å²) in [5.74, 6) is 1.37. The summed E-state index contributed by atoms with van der Waals surface area (Å²) in [6, 6.07) is 16.8. The van der Waals surface area contributed by atoms with Crippen molar-refractivity contribution in [2.24, 2.45) is 0 Å². The molecular formula is C24H31N3O2S. The lowest BCUT2D eigenvalue weighted by Crippen LogP contribution is -2.46. The smallest absolute Gasteiger partial charge is 0.219 e. The maximum Gasteiger partial charge on any atom is 0.219 e. The highest BCUT2D eigenvalue weighted by Crippen LogP contribution is 2.36. The number of hydrogen-bond donors (Lipinski definition) is 1. The molecular weight excluding hydrogens is 394 g/mol. The van der Waals surface area contributed by atoms with Gasteiger partial charge in [-0.15, -0.1) is 0 Å². The van der Waals surface area contributed by atoms with E-state index in [2.05, 4.69) is 35.3 Å². The molecule has 1 aliphatic rings. The van der Waals surface area contributed by atoms with Crippen LogP contribution in [-0.4, -0.2) is 40.5 Å². The van der Waals surface area contributed by atoms with E-state index in [-0.39, 0.29) is 6.04 Å². The quantitative estimate of drug-likeness (QED) is 0.615. The summed E-state index contributed by atoms with van der Waals surface area (Å²) in [7, 11) is -1.57. The molecule has 30 heavy (non-hydrogen) atoms. The summed E-state index contributed by atoms with van der Waals surface area (Å²) in [5.41, 5.74) is 4.39. The van der Waals surface area contributed by atoms with Crippen LogP contribution in [0.3, 0.4) is 0 Å². The number of benzene rings is 2. The highest BCUT2D eigenvalue weighted by molar-refractivity contribution is 7.90. The Morgan fingerprint density at radius 1 is 0.967 bits per heavy atom. The van der Waals surface area contributed by atoms with E-state index in [0.29, 0.717) is 5.92 Å². The molecule has 1 fully saturated rings. The maximum absolute atomic E-state index is 12.8. The number of sulfonamides is 1. The Balaban J connectivity index is 1.48. The van der Waals surface area contributed by atoms with E-state index < -0.39 is 14.8 Å². The SMILES string of the molecule is CN([C@H]1CC[C@H](c2nc3cc(-c4ccccc4)ccc3[nH]2)CC1)S(=O)(=O)C(C)(C)C. The first-order valence-corrected chi connectivity index (χ1v) is 12.1. The molecule has 1 heterocycles. The summed E-state index contributed by atoms with van der Waals surface area (Å²) >= 11 is 0. The van der Waals surface area contributed by atoms with Crippen molar-refractivity contribution in [2.45, 2.75) is 63.2 Å². The van der Waals surface area contributed by atoms with Crippen LogP contribution in [0.25, 0.3) is 22.2 Å². The van der Waals surface area contributed by atoms with Gasteiger partial charge in [0.2, 0.25) is 10.0 Å². The summed E-state index contributed by atoms with van der Waals surface area (Å²) in [4.78, 5) is 8.39. The third-order valence-electron chi connectivity index (χ3n) is 6.36. The Labute approximate surface area is 179 Å². The molecule has 0 atom stereocenters. The maximum atomic E-state index is 12.8. The van der Waals surface area contributed by atoms with E-state index in [1.165, 1.54) is 11.1 Å². The lowest BCUT2D eigenvalue weighted by atomic mass is 9.85. The monoisotopic (exact) mass is 425 g/mol. The van der Waals surface area contributed by atoms with Gasteiger partial charge in [-0.3, -0.25) is 0 Å². The molecule has 1 aliphatic carbocycles. The molecule has 3 aromatic rings. The summed E-state index contributed by atoms with van der Waals surface area (Å²) in [5, 5.41) is 0. The zero-order chi connectivity index (χ0) is 21.5.